The van der Waals surface area contributed by atoms with Crippen molar-refractivity contribution >= 4 is 39.1 Å². The molecule has 4 rings (SSSR count). The third-order valence-electron chi connectivity index (χ3n) is 6.50. The molecule has 174 valence electrons. The van der Waals surface area contributed by atoms with E-state index in [9.17, 15) is 14.7 Å². The minimum absolute atomic E-state index is 0.0136. The Kier molecular flexibility index (Phi) is 7.02. The zero-order valence-electron chi connectivity index (χ0n) is 18.7. The minimum Gasteiger partial charge on any atom is -0.396 e. The van der Waals surface area contributed by atoms with Crippen LogP contribution in [0.25, 0.3) is 0 Å². The summed E-state index contributed by atoms with van der Waals surface area (Å²) in [4.78, 5) is 29.4. The third kappa shape index (κ3) is 4.50. The highest BCUT2D eigenvalue weighted by molar-refractivity contribution is 9.10. The Morgan fingerprint density at radius 1 is 1.18 bits per heavy atom. The molecule has 0 saturated carbocycles. The van der Waals surface area contributed by atoms with Crippen molar-refractivity contribution in [2.24, 2.45) is 5.92 Å². The lowest BCUT2D eigenvalue weighted by molar-refractivity contribution is -0.139. The molecule has 2 amide bonds. The maximum absolute atomic E-state index is 13.6. The fourth-order valence-electron chi connectivity index (χ4n) is 4.67. The number of piperidine rings is 1. The van der Waals surface area contributed by atoms with Gasteiger partial charge < -0.3 is 20.0 Å². The Labute approximate surface area is 202 Å². The fraction of sp³-hybridized carbons (Fsp3) is 0.385. The Balaban J connectivity index is 1.66. The summed E-state index contributed by atoms with van der Waals surface area (Å²) in [5, 5.41) is 20.7. The molecule has 2 aromatic carbocycles. The highest BCUT2D eigenvalue weighted by atomic mass is 79.9. The molecular weight excluding hydrogens is 484 g/mol. The number of hydrogen-bond donors (Lipinski definition) is 2. The number of rotatable bonds is 7. The van der Waals surface area contributed by atoms with Crippen LogP contribution in [-0.4, -0.2) is 35.2 Å². The van der Waals surface area contributed by atoms with Crippen LogP contribution in [0, 0.1) is 5.92 Å². The van der Waals surface area contributed by atoms with Gasteiger partial charge in [0.1, 0.15) is 0 Å². The van der Waals surface area contributed by atoms with Crippen LogP contribution in [0.4, 0.5) is 11.4 Å². The summed E-state index contributed by atoms with van der Waals surface area (Å²) in [6.07, 6.45) is 6.50. The molecule has 0 bridgehead atoms. The number of aliphatic hydroxyl groups is 2. The molecule has 2 heterocycles. The number of amides is 2. The van der Waals surface area contributed by atoms with Crippen molar-refractivity contribution in [2.45, 2.75) is 44.8 Å². The summed E-state index contributed by atoms with van der Waals surface area (Å²) in [7, 11) is 0. The third-order valence-corrected chi connectivity index (χ3v) is 6.99. The molecule has 6 nitrogen and oxygen atoms in total. The number of nitrogens with zero attached hydrogens (tertiary/aromatic N) is 2. The van der Waals surface area contributed by atoms with E-state index < -0.39 is 11.5 Å². The van der Waals surface area contributed by atoms with Gasteiger partial charge in [-0.05, 0) is 55.2 Å². The summed E-state index contributed by atoms with van der Waals surface area (Å²) in [6, 6.07) is 13.2. The highest BCUT2D eigenvalue weighted by Crippen LogP contribution is 2.46. The molecule has 0 aromatic heterocycles. The summed E-state index contributed by atoms with van der Waals surface area (Å²) >= 11 is 3.47. The van der Waals surface area contributed by atoms with Crippen molar-refractivity contribution < 1.29 is 19.8 Å². The first-order chi connectivity index (χ1) is 15.9. The number of halogens is 1. The maximum atomic E-state index is 13.6. The second-order valence-electron chi connectivity index (χ2n) is 8.72. The molecule has 2 atom stereocenters. The average Bonchev–Trinajstić information content (AvgIpc) is 3.02. The van der Waals surface area contributed by atoms with Crippen LogP contribution in [0.5, 0.6) is 0 Å². The van der Waals surface area contributed by atoms with E-state index in [4.69, 9.17) is 5.11 Å². The van der Waals surface area contributed by atoms with E-state index in [2.05, 4.69) is 15.9 Å². The van der Waals surface area contributed by atoms with Crippen LogP contribution >= 0.6 is 15.9 Å². The number of fused-ring (bicyclic) bond motifs is 1. The van der Waals surface area contributed by atoms with E-state index in [0.29, 0.717) is 37.2 Å². The summed E-state index contributed by atoms with van der Waals surface area (Å²) in [5.74, 6) is -0.730. The minimum atomic E-state index is -1.70. The first-order valence-corrected chi connectivity index (χ1v) is 12.2. The molecule has 2 N–H and O–H groups in total. The van der Waals surface area contributed by atoms with Crippen LogP contribution in [0.1, 0.15) is 43.7 Å². The molecule has 0 spiro atoms. The van der Waals surface area contributed by atoms with Gasteiger partial charge in [0, 0.05) is 41.2 Å². The molecule has 0 radical (unpaired) electrons. The Morgan fingerprint density at radius 2 is 2.00 bits per heavy atom. The molecule has 2 aromatic rings. The second-order valence-corrected chi connectivity index (χ2v) is 9.64. The van der Waals surface area contributed by atoms with Crippen molar-refractivity contribution in [1.29, 1.82) is 0 Å². The monoisotopic (exact) mass is 512 g/mol. The van der Waals surface area contributed by atoms with E-state index in [1.54, 1.807) is 23.1 Å². The van der Waals surface area contributed by atoms with Crippen molar-refractivity contribution in [1.82, 2.24) is 0 Å². The summed E-state index contributed by atoms with van der Waals surface area (Å²) in [5.41, 5.74) is 1.26. The molecule has 0 unspecified atom stereocenters. The van der Waals surface area contributed by atoms with Crippen LogP contribution in [-0.2, 0) is 21.7 Å². The quantitative estimate of drug-likeness (QED) is 0.542. The van der Waals surface area contributed by atoms with Crippen molar-refractivity contribution in [3.05, 3.63) is 70.2 Å². The van der Waals surface area contributed by atoms with E-state index >= 15 is 0 Å². The van der Waals surface area contributed by atoms with Gasteiger partial charge in [0.05, 0.1) is 12.2 Å². The average molecular weight is 513 g/mol. The number of carbonyl (C=O) groups is 2. The Bertz CT molecular complexity index is 1090. The molecule has 0 aliphatic carbocycles. The summed E-state index contributed by atoms with van der Waals surface area (Å²) in [6.45, 7) is 2.82. The molecule has 1 saturated heterocycles. The number of anilines is 2. The van der Waals surface area contributed by atoms with Crippen molar-refractivity contribution in [2.75, 3.05) is 23.0 Å². The highest BCUT2D eigenvalue weighted by Gasteiger charge is 2.52. The molecule has 2 aliphatic rings. The number of carbonyl (C=O) groups excluding carboxylic acids is 2. The van der Waals surface area contributed by atoms with Gasteiger partial charge in [0.15, 0.2) is 5.60 Å². The normalized spacial score (nSPS) is 21.7. The Hall–Kier alpha value is -2.48. The lowest BCUT2D eigenvalue weighted by atomic mass is 9.83. The van der Waals surface area contributed by atoms with Gasteiger partial charge in [0.2, 0.25) is 5.91 Å². The van der Waals surface area contributed by atoms with Gasteiger partial charge >= 0.3 is 0 Å². The molecule has 1 fully saturated rings. The largest absolute Gasteiger partial charge is 0.396 e. The number of hydrogen-bond acceptors (Lipinski definition) is 4. The SMILES string of the molecule is C[C@@H](/C=C/CCO)[C@]1(O)C(=O)N(Cc2cccc(N3CCCCC3=O)c2)c2ccc(Br)cc21. The van der Waals surface area contributed by atoms with Gasteiger partial charge in [-0.1, -0.05) is 47.1 Å². The predicted molar refractivity (Wildman–Crippen MR) is 132 cm³/mol. The van der Waals surface area contributed by atoms with Gasteiger partial charge in [-0.2, -0.15) is 0 Å². The maximum Gasteiger partial charge on any atom is 0.264 e. The van der Waals surface area contributed by atoms with Crippen LogP contribution in [0.3, 0.4) is 0 Å². The van der Waals surface area contributed by atoms with Crippen LogP contribution < -0.4 is 9.80 Å². The predicted octanol–water partition coefficient (Wildman–Crippen LogP) is 4.28. The first-order valence-electron chi connectivity index (χ1n) is 11.4. The van der Waals surface area contributed by atoms with Gasteiger partial charge in [0.25, 0.3) is 5.91 Å². The van der Waals surface area contributed by atoms with Gasteiger partial charge in [-0.25, -0.2) is 0 Å². The topological polar surface area (TPSA) is 81.1 Å². The molecular formula is C26H29BrN2O4. The van der Waals surface area contributed by atoms with E-state index in [-0.39, 0.29) is 18.4 Å². The van der Waals surface area contributed by atoms with E-state index in [0.717, 1.165) is 28.6 Å². The molecule has 7 heteroatoms. The van der Waals surface area contributed by atoms with Crippen molar-refractivity contribution in [3.63, 3.8) is 0 Å². The first kappa shape index (κ1) is 23.7. The fourth-order valence-corrected chi connectivity index (χ4v) is 5.04. The lowest BCUT2D eigenvalue weighted by Gasteiger charge is -2.28. The second kappa shape index (κ2) is 9.79. The number of benzene rings is 2. The van der Waals surface area contributed by atoms with Crippen molar-refractivity contribution in [3.8, 4) is 0 Å². The van der Waals surface area contributed by atoms with Crippen LogP contribution in [0.15, 0.2) is 59.1 Å². The van der Waals surface area contributed by atoms with Gasteiger partial charge in [-0.3, -0.25) is 9.59 Å². The van der Waals surface area contributed by atoms with Crippen LogP contribution in [0.2, 0.25) is 0 Å². The van der Waals surface area contributed by atoms with E-state index in [1.165, 1.54) is 0 Å². The summed E-state index contributed by atoms with van der Waals surface area (Å²) < 4.78 is 0.784. The zero-order chi connectivity index (χ0) is 23.6. The zero-order valence-corrected chi connectivity index (χ0v) is 20.3. The van der Waals surface area contributed by atoms with Gasteiger partial charge in [-0.15, -0.1) is 0 Å². The molecule has 2 aliphatic heterocycles. The smallest absolute Gasteiger partial charge is 0.264 e. The standard InChI is InChI=1S/C26H29BrN2O4/c1-18(7-3-5-14-30)26(33)22-16-20(27)11-12-23(22)29(25(26)32)17-19-8-6-9-21(15-19)28-13-4-2-10-24(28)31/h3,6-9,11-12,15-16,18,30,33H,2,4-5,10,13-14,17H2,1H3/b7-3+/t18-,26+/m0/s1. The molecule has 33 heavy (non-hydrogen) atoms. The lowest BCUT2D eigenvalue weighted by Crippen LogP contribution is -2.44. The van der Waals surface area contributed by atoms with E-state index in [1.807, 2.05) is 48.2 Å². The number of aliphatic hydroxyl groups excluding tert-OH is 1. The Morgan fingerprint density at radius 3 is 2.76 bits per heavy atom.